The van der Waals surface area contributed by atoms with E-state index in [9.17, 15) is 0 Å². The number of nitrogens with zero attached hydrogens (tertiary/aromatic N) is 2. The molecule has 1 spiro atoms. The van der Waals surface area contributed by atoms with Gasteiger partial charge in [-0.15, -0.1) is 9.13 Å². The lowest BCUT2D eigenvalue weighted by atomic mass is 9.76. The van der Waals surface area contributed by atoms with Crippen LogP contribution in [0.3, 0.4) is 0 Å². The van der Waals surface area contributed by atoms with Gasteiger partial charge >= 0.3 is 5.66 Å². The van der Waals surface area contributed by atoms with Gasteiger partial charge in [0, 0.05) is 22.9 Å². The van der Waals surface area contributed by atoms with E-state index in [1.54, 1.807) is 0 Å². The molecule has 2 nitrogen and oxygen atoms in total. The summed E-state index contributed by atoms with van der Waals surface area (Å²) < 4.78 is 5.14. The minimum Gasteiger partial charge on any atom is -0.125 e. The van der Waals surface area contributed by atoms with Crippen molar-refractivity contribution >= 4 is 43.4 Å². The van der Waals surface area contributed by atoms with Gasteiger partial charge in [-0.05, 0) is 52.6 Å². The second kappa shape index (κ2) is 13.9. The molecule has 0 amide bonds. The zero-order valence-corrected chi connectivity index (χ0v) is 28.2. The average Bonchev–Trinajstić information content (AvgIpc) is 3.61. The minimum atomic E-state index is -0.325. The largest absolute Gasteiger partial charge is 0.418 e. The molecule has 9 rings (SSSR count). The molecule has 0 fully saturated rings. The maximum atomic E-state index is 2.57. The van der Waals surface area contributed by atoms with Crippen LogP contribution < -0.4 is 9.13 Å². The van der Waals surface area contributed by atoms with Crippen LogP contribution in [0.2, 0.25) is 0 Å². The van der Waals surface area contributed by atoms with Crippen molar-refractivity contribution in [3.8, 4) is 0 Å². The normalized spacial score (nSPS) is 12.4. The molecule has 0 radical (unpaired) electrons. The molecule has 0 atom stereocenters. The second-order valence-corrected chi connectivity index (χ2v) is 9.01. The van der Waals surface area contributed by atoms with Crippen molar-refractivity contribution in [2.45, 2.75) is 95.2 Å². The Morgan fingerprint density at radius 2 is 0.762 bits per heavy atom. The van der Waals surface area contributed by atoms with Crippen LogP contribution in [0.15, 0.2) is 85.2 Å². The first-order chi connectivity index (χ1) is 20.9. The van der Waals surface area contributed by atoms with Crippen molar-refractivity contribution in [3.05, 3.63) is 107 Å². The zero-order valence-electron chi connectivity index (χ0n) is 28.2. The minimum absolute atomic E-state index is 0.325. The first-order valence-corrected chi connectivity index (χ1v) is 16.7. The van der Waals surface area contributed by atoms with E-state index in [4.69, 9.17) is 0 Å². The van der Waals surface area contributed by atoms with Crippen LogP contribution in [0.4, 0.5) is 0 Å². The van der Waals surface area contributed by atoms with E-state index in [2.05, 4.69) is 94.3 Å². The number of aromatic nitrogens is 2. The first kappa shape index (κ1) is 32.7. The number of benzene rings is 4. The number of rotatable bonds is 0. The molecule has 0 saturated carbocycles. The Morgan fingerprint density at radius 3 is 1.14 bits per heavy atom. The lowest BCUT2D eigenvalue weighted by Crippen LogP contribution is -2.72. The average molecular weight is 561 g/mol. The summed E-state index contributed by atoms with van der Waals surface area (Å²) in [5.41, 5.74) is 8.32. The summed E-state index contributed by atoms with van der Waals surface area (Å²) in [4.78, 5) is 0. The van der Waals surface area contributed by atoms with Crippen LogP contribution in [0, 0.1) is 0 Å². The van der Waals surface area contributed by atoms with Crippen LogP contribution in [0.5, 0.6) is 0 Å². The summed E-state index contributed by atoms with van der Waals surface area (Å²) >= 11 is 0. The van der Waals surface area contributed by atoms with E-state index in [1.165, 1.54) is 65.6 Å². The van der Waals surface area contributed by atoms with Crippen molar-refractivity contribution in [1.29, 1.82) is 0 Å². The molecular formula is C40H52N2+2. The van der Waals surface area contributed by atoms with E-state index in [-0.39, 0.29) is 5.66 Å². The molecule has 4 heterocycles. The van der Waals surface area contributed by atoms with Gasteiger partial charge in [0.2, 0.25) is 11.0 Å². The highest BCUT2D eigenvalue weighted by Crippen LogP contribution is 2.52. The Balaban J connectivity index is 0.000000365. The fourth-order valence-electron chi connectivity index (χ4n) is 6.88. The van der Waals surface area contributed by atoms with Crippen LogP contribution in [-0.4, -0.2) is 0 Å². The Labute approximate surface area is 254 Å². The highest BCUT2D eigenvalue weighted by molar-refractivity contribution is 6.12. The molecule has 42 heavy (non-hydrogen) atoms. The van der Waals surface area contributed by atoms with E-state index in [0.717, 1.165) is 6.42 Å². The van der Waals surface area contributed by atoms with Crippen LogP contribution in [0.25, 0.3) is 43.4 Å². The maximum absolute atomic E-state index is 2.57. The molecule has 2 aromatic heterocycles. The fourth-order valence-corrected chi connectivity index (χ4v) is 6.88. The van der Waals surface area contributed by atoms with E-state index >= 15 is 0 Å². The Bertz CT molecular complexity index is 1690. The van der Waals surface area contributed by atoms with Crippen LogP contribution in [0.1, 0.15) is 105 Å². The molecule has 2 aliphatic heterocycles. The van der Waals surface area contributed by atoms with Crippen molar-refractivity contribution in [2.75, 3.05) is 0 Å². The van der Waals surface area contributed by atoms with Gasteiger partial charge in [0.25, 0.3) is 0 Å². The van der Waals surface area contributed by atoms with Crippen LogP contribution >= 0.6 is 0 Å². The standard InChI is InChI=1S/C28H16N2.6C2H6/c1-3-18-9-5-16-7-11-20-15-21-12-8-17-6-10-19-4-2-14-30-27(19)23(17)25(21)28(30)24(20)22(16)26(18)29(28)13-1;6*1-2/h1-14H,15H2;6*1-2H3/q+2;;;;;;. The van der Waals surface area contributed by atoms with Crippen molar-refractivity contribution < 1.29 is 9.13 Å². The molecule has 0 N–H and O–H groups in total. The third kappa shape index (κ3) is 4.14. The van der Waals surface area contributed by atoms with Gasteiger partial charge < -0.3 is 0 Å². The molecule has 4 aromatic carbocycles. The second-order valence-electron chi connectivity index (χ2n) is 9.01. The van der Waals surface area contributed by atoms with Crippen molar-refractivity contribution in [1.82, 2.24) is 0 Å². The number of hydrogen-bond acceptors (Lipinski definition) is 0. The van der Waals surface area contributed by atoms with E-state index in [0.29, 0.717) is 0 Å². The maximum Gasteiger partial charge on any atom is 0.418 e. The summed E-state index contributed by atoms with van der Waals surface area (Å²) in [7, 11) is 0. The Morgan fingerprint density at radius 1 is 0.429 bits per heavy atom. The lowest BCUT2D eigenvalue weighted by Gasteiger charge is -2.26. The van der Waals surface area contributed by atoms with Gasteiger partial charge in [0.05, 0.1) is 10.8 Å². The molecule has 220 valence electrons. The van der Waals surface area contributed by atoms with Crippen molar-refractivity contribution in [2.24, 2.45) is 0 Å². The molecule has 1 aliphatic carbocycles. The molecule has 0 saturated heterocycles. The summed E-state index contributed by atoms with van der Waals surface area (Å²) in [6, 6.07) is 27.5. The van der Waals surface area contributed by atoms with Crippen LogP contribution in [-0.2, 0) is 12.1 Å². The third-order valence-electron chi connectivity index (χ3n) is 7.83. The quantitative estimate of drug-likeness (QED) is 0.129. The highest BCUT2D eigenvalue weighted by atomic mass is 15.3. The first-order valence-electron chi connectivity index (χ1n) is 16.7. The summed E-state index contributed by atoms with van der Waals surface area (Å²) in [5, 5.41) is 8.20. The predicted molar refractivity (Wildman–Crippen MR) is 186 cm³/mol. The van der Waals surface area contributed by atoms with Crippen molar-refractivity contribution in [3.63, 3.8) is 0 Å². The Kier molecular flexibility index (Phi) is 10.9. The third-order valence-corrected chi connectivity index (χ3v) is 7.83. The zero-order chi connectivity index (χ0) is 31.2. The summed E-state index contributed by atoms with van der Waals surface area (Å²) in [6.45, 7) is 24.0. The molecular weight excluding hydrogens is 508 g/mol. The molecule has 0 unspecified atom stereocenters. The monoisotopic (exact) mass is 560 g/mol. The summed E-state index contributed by atoms with van der Waals surface area (Å²) in [6.07, 6.45) is 5.61. The number of pyridine rings is 2. The predicted octanol–water partition coefficient (Wildman–Crippen LogP) is 10.9. The molecule has 2 heteroatoms. The van der Waals surface area contributed by atoms with Gasteiger partial charge in [-0.2, -0.15) is 0 Å². The topological polar surface area (TPSA) is 7.76 Å². The van der Waals surface area contributed by atoms with Gasteiger partial charge in [0.1, 0.15) is 11.1 Å². The summed E-state index contributed by atoms with van der Waals surface area (Å²) in [5.74, 6) is 0. The number of hydrogen-bond donors (Lipinski definition) is 0. The van der Waals surface area contributed by atoms with E-state index < -0.39 is 0 Å². The highest BCUT2D eigenvalue weighted by Gasteiger charge is 2.67. The Hall–Kier alpha value is -3.78. The van der Waals surface area contributed by atoms with Gasteiger partial charge in [-0.25, -0.2) is 0 Å². The lowest BCUT2D eigenvalue weighted by molar-refractivity contribution is -0.945. The molecule has 0 bridgehead atoms. The van der Waals surface area contributed by atoms with Gasteiger partial charge in [-0.3, -0.25) is 0 Å². The smallest absolute Gasteiger partial charge is 0.125 e. The SMILES string of the molecule is CC.CC.CC.CC.CC.CC.c1cc2ccc3ccc4c5c3c2[n+](c1)C51c2c(ccc3ccc5ccc[n+]1c5c23)C4. The fraction of sp³-hybridized carbons (Fsp3) is 0.350. The molecule has 6 aromatic rings. The van der Waals surface area contributed by atoms with E-state index in [1.807, 2.05) is 83.1 Å². The molecule has 3 aliphatic rings. The van der Waals surface area contributed by atoms with Gasteiger partial charge in [-0.1, -0.05) is 119 Å². The van der Waals surface area contributed by atoms with Gasteiger partial charge in [0.15, 0.2) is 12.4 Å².